The van der Waals surface area contributed by atoms with Gasteiger partial charge in [0.05, 0.1) is 24.6 Å². The Kier molecular flexibility index (Phi) is 3.34. The van der Waals surface area contributed by atoms with Crippen LogP contribution in [0.1, 0.15) is 11.8 Å². The van der Waals surface area contributed by atoms with Crippen molar-refractivity contribution < 1.29 is 9.84 Å². The molecule has 1 aliphatic heterocycles. The average Bonchev–Trinajstić information content (AvgIpc) is 2.30. The van der Waals surface area contributed by atoms with Crippen LogP contribution in [0.25, 0.3) is 0 Å². The van der Waals surface area contributed by atoms with Gasteiger partial charge in [-0.3, -0.25) is 9.97 Å². The molecule has 0 aromatic carbocycles. The molecule has 1 N–H and O–H groups in total. The number of nitrogens with zero attached hydrogens (tertiary/aromatic N) is 2. The Morgan fingerprint density at radius 1 is 1.57 bits per heavy atom. The lowest BCUT2D eigenvalue weighted by Crippen LogP contribution is -2.30. The largest absolute Gasteiger partial charge is 0.384 e. The molecule has 0 spiro atoms. The normalized spacial score (nSPS) is 24.5. The minimum absolute atomic E-state index is 0.148. The SMILES string of the molecule is OC(c1cnccn1)C1CSCCO1. The summed E-state index contributed by atoms with van der Waals surface area (Å²) < 4.78 is 5.46. The first-order chi connectivity index (χ1) is 6.88. The van der Waals surface area contributed by atoms with E-state index < -0.39 is 6.10 Å². The Balaban J connectivity index is 2.03. The molecule has 14 heavy (non-hydrogen) atoms. The summed E-state index contributed by atoms with van der Waals surface area (Å²) in [4.78, 5) is 7.97. The fraction of sp³-hybridized carbons (Fsp3) is 0.556. The van der Waals surface area contributed by atoms with Crippen LogP contribution in [-0.4, -0.2) is 39.3 Å². The van der Waals surface area contributed by atoms with E-state index in [4.69, 9.17) is 4.74 Å². The second kappa shape index (κ2) is 4.72. The van der Waals surface area contributed by atoms with E-state index in [1.165, 1.54) is 0 Å². The minimum Gasteiger partial charge on any atom is -0.384 e. The number of aliphatic hydroxyl groups excluding tert-OH is 1. The highest BCUT2D eigenvalue weighted by Gasteiger charge is 2.25. The molecule has 0 aliphatic carbocycles. The summed E-state index contributed by atoms with van der Waals surface area (Å²) in [5.41, 5.74) is 0.583. The third kappa shape index (κ3) is 2.23. The number of hydrogen-bond donors (Lipinski definition) is 1. The molecule has 0 amide bonds. The quantitative estimate of drug-likeness (QED) is 0.779. The van der Waals surface area contributed by atoms with Crippen molar-refractivity contribution in [3.8, 4) is 0 Å². The summed E-state index contributed by atoms with van der Waals surface area (Å²) >= 11 is 1.79. The second-order valence-electron chi connectivity index (χ2n) is 3.06. The predicted octanol–water partition coefficient (Wildman–Crippen LogP) is 0.642. The molecule has 5 heteroatoms. The fourth-order valence-electron chi connectivity index (χ4n) is 1.34. The van der Waals surface area contributed by atoms with E-state index in [0.717, 1.165) is 11.5 Å². The van der Waals surface area contributed by atoms with E-state index in [9.17, 15) is 5.11 Å². The molecule has 76 valence electrons. The van der Waals surface area contributed by atoms with Crippen LogP contribution in [0.4, 0.5) is 0 Å². The second-order valence-corrected chi connectivity index (χ2v) is 4.21. The van der Waals surface area contributed by atoms with Gasteiger partial charge in [-0.05, 0) is 0 Å². The van der Waals surface area contributed by atoms with Crippen LogP contribution in [-0.2, 0) is 4.74 Å². The van der Waals surface area contributed by atoms with Crippen molar-refractivity contribution in [2.45, 2.75) is 12.2 Å². The number of hydrogen-bond acceptors (Lipinski definition) is 5. The highest BCUT2D eigenvalue weighted by molar-refractivity contribution is 7.99. The molecular formula is C9H12N2O2S. The first kappa shape index (κ1) is 9.89. The average molecular weight is 212 g/mol. The molecule has 1 saturated heterocycles. The van der Waals surface area contributed by atoms with Gasteiger partial charge in [-0.15, -0.1) is 0 Å². The van der Waals surface area contributed by atoms with Crippen LogP contribution in [0, 0.1) is 0 Å². The van der Waals surface area contributed by atoms with Crippen molar-refractivity contribution in [2.75, 3.05) is 18.1 Å². The first-order valence-electron chi connectivity index (χ1n) is 4.51. The Morgan fingerprint density at radius 3 is 3.14 bits per heavy atom. The Bertz CT molecular complexity index is 277. The van der Waals surface area contributed by atoms with E-state index in [1.54, 1.807) is 30.4 Å². The highest BCUT2D eigenvalue weighted by Crippen LogP contribution is 2.23. The molecule has 1 aliphatic rings. The van der Waals surface area contributed by atoms with Gasteiger partial charge >= 0.3 is 0 Å². The molecule has 4 nitrogen and oxygen atoms in total. The Labute approximate surface area is 86.7 Å². The third-order valence-corrected chi connectivity index (χ3v) is 3.10. The summed E-state index contributed by atoms with van der Waals surface area (Å²) in [7, 11) is 0. The molecule has 2 unspecified atom stereocenters. The number of ether oxygens (including phenoxy) is 1. The first-order valence-corrected chi connectivity index (χ1v) is 5.67. The number of aliphatic hydroxyl groups is 1. The minimum atomic E-state index is -0.656. The Morgan fingerprint density at radius 2 is 2.50 bits per heavy atom. The van der Waals surface area contributed by atoms with Crippen LogP contribution < -0.4 is 0 Å². The third-order valence-electron chi connectivity index (χ3n) is 2.08. The van der Waals surface area contributed by atoms with E-state index >= 15 is 0 Å². The monoisotopic (exact) mass is 212 g/mol. The molecule has 0 bridgehead atoms. The maximum Gasteiger partial charge on any atom is 0.124 e. The smallest absolute Gasteiger partial charge is 0.124 e. The van der Waals surface area contributed by atoms with Crippen molar-refractivity contribution in [2.24, 2.45) is 0 Å². The maximum atomic E-state index is 9.90. The zero-order chi connectivity index (χ0) is 9.80. The number of rotatable bonds is 2. The molecular weight excluding hydrogens is 200 g/mol. The summed E-state index contributed by atoms with van der Waals surface area (Å²) in [6, 6.07) is 0. The van der Waals surface area contributed by atoms with E-state index in [0.29, 0.717) is 12.3 Å². The molecule has 1 aromatic rings. The lowest BCUT2D eigenvalue weighted by molar-refractivity contribution is -0.0247. The van der Waals surface area contributed by atoms with Gasteiger partial charge in [-0.2, -0.15) is 11.8 Å². The predicted molar refractivity (Wildman–Crippen MR) is 54.1 cm³/mol. The van der Waals surface area contributed by atoms with Crippen molar-refractivity contribution >= 4 is 11.8 Å². The van der Waals surface area contributed by atoms with E-state index in [2.05, 4.69) is 9.97 Å². The lowest BCUT2D eigenvalue weighted by Gasteiger charge is -2.26. The molecule has 1 aromatic heterocycles. The van der Waals surface area contributed by atoms with Gasteiger partial charge in [-0.25, -0.2) is 0 Å². The molecule has 2 atom stereocenters. The van der Waals surface area contributed by atoms with Crippen molar-refractivity contribution in [3.05, 3.63) is 24.3 Å². The summed E-state index contributed by atoms with van der Waals surface area (Å²) in [6.45, 7) is 0.701. The van der Waals surface area contributed by atoms with Crippen molar-refractivity contribution in [1.82, 2.24) is 9.97 Å². The fourth-order valence-corrected chi connectivity index (χ4v) is 2.23. The van der Waals surface area contributed by atoms with Gasteiger partial charge < -0.3 is 9.84 Å². The van der Waals surface area contributed by atoms with Crippen LogP contribution in [0.15, 0.2) is 18.6 Å². The number of aromatic nitrogens is 2. The standard InChI is InChI=1S/C9H12N2O2S/c12-9(7-5-10-1-2-11-7)8-6-14-4-3-13-8/h1-2,5,8-9,12H,3-4,6H2. The zero-order valence-corrected chi connectivity index (χ0v) is 8.48. The molecule has 0 saturated carbocycles. The maximum absolute atomic E-state index is 9.90. The molecule has 0 radical (unpaired) electrons. The van der Waals surface area contributed by atoms with Crippen LogP contribution in [0.3, 0.4) is 0 Å². The van der Waals surface area contributed by atoms with Gasteiger partial charge in [0.15, 0.2) is 0 Å². The molecule has 2 heterocycles. The number of thioether (sulfide) groups is 1. The topological polar surface area (TPSA) is 55.2 Å². The summed E-state index contributed by atoms with van der Waals surface area (Å²) in [5.74, 6) is 1.82. The van der Waals surface area contributed by atoms with Crippen LogP contribution >= 0.6 is 11.8 Å². The van der Waals surface area contributed by atoms with Crippen molar-refractivity contribution in [3.63, 3.8) is 0 Å². The van der Waals surface area contributed by atoms with E-state index in [1.807, 2.05) is 0 Å². The zero-order valence-electron chi connectivity index (χ0n) is 7.67. The van der Waals surface area contributed by atoms with E-state index in [-0.39, 0.29) is 6.10 Å². The highest BCUT2D eigenvalue weighted by atomic mass is 32.2. The van der Waals surface area contributed by atoms with Gasteiger partial charge in [-0.1, -0.05) is 0 Å². The molecule has 1 fully saturated rings. The van der Waals surface area contributed by atoms with Gasteiger partial charge in [0.1, 0.15) is 6.10 Å². The van der Waals surface area contributed by atoms with Gasteiger partial charge in [0, 0.05) is 23.9 Å². The Hall–Kier alpha value is -0.650. The summed E-state index contributed by atoms with van der Waals surface area (Å²) in [6.07, 6.45) is 3.94. The van der Waals surface area contributed by atoms with Gasteiger partial charge in [0.25, 0.3) is 0 Å². The molecule has 2 rings (SSSR count). The summed E-state index contributed by atoms with van der Waals surface area (Å²) in [5, 5.41) is 9.90. The lowest BCUT2D eigenvalue weighted by atomic mass is 10.1. The van der Waals surface area contributed by atoms with Crippen molar-refractivity contribution in [1.29, 1.82) is 0 Å². The van der Waals surface area contributed by atoms with Gasteiger partial charge in [0.2, 0.25) is 0 Å². The van der Waals surface area contributed by atoms with Crippen LogP contribution in [0.2, 0.25) is 0 Å². The van der Waals surface area contributed by atoms with Crippen LogP contribution in [0.5, 0.6) is 0 Å².